The Balaban J connectivity index is 0.00000123. The van der Waals surface area contributed by atoms with E-state index in [4.69, 9.17) is 36.6 Å². The number of rotatable bonds is 16. The van der Waals surface area contributed by atoms with E-state index in [2.05, 4.69) is 269 Å². The molecule has 0 aliphatic heterocycles. The predicted octanol–water partition coefficient (Wildman–Crippen LogP) is 9.64. The maximum absolute atomic E-state index is 5.25. The molecule has 0 unspecified atom stereocenters. The van der Waals surface area contributed by atoms with Crippen molar-refractivity contribution in [3.05, 3.63) is 243 Å². The van der Waals surface area contributed by atoms with Gasteiger partial charge in [-0.25, -0.2) is 0 Å². The number of alkyl halides is 2. The second kappa shape index (κ2) is 22.0. The third-order valence-electron chi connectivity index (χ3n) is 14.1. The molecule has 336 valence electrons. The van der Waals surface area contributed by atoms with E-state index in [9.17, 15) is 0 Å². The van der Waals surface area contributed by atoms with E-state index in [1.807, 2.05) is 13.8 Å². The molecule has 0 N–H and O–H groups in total. The second-order valence-corrected chi connectivity index (χ2v) is 49.0. The van der Waals surface area contributed by atoms with Crippen molar-refractivity contribution < 1.29 is 4.74 Å². The minimum absolute atomic E-state index is 0.168. The number of ether oxygens (including phenoxy) is 1. The molecule has 0 saturated heterocycles. The molecule has 8 aromatic carbocycles. The van der Waals surface area contributed by atoms with E-state index in [-0.39, 0.29) is 19.9 Å². The zero-order valence-corrected chi connectivity index (χ0v) is 48.0. The van der Waals surface area contributed by atoms with Gasteiger partial charge >= 0.3 is 394 Å². The van der Waals surface area contributed by atoms with E-state index < -0.39 is 32.3 Å². The molecule has 0 radical (unpaired) electrons. The van der Waals surface area contributed by atoms with E-state index in [0.29, 0.717) is 0 Å². The monoisotopic (exact) mass is 1120 g/mol. The zero-order chi connectivity index (χ0) is 46.7. The number of hydrogen-bond acceptors (Lipinski definition) is 1. The van der Waals surface area contributed by atoms with Crippen LogP contribution in [0.1, 0.15) is 13.8 Å². The van der Waals surface area contributed by atoms with Crippen molar-refractivity contribution in [3.63, 3.8) is 0 Å². The van der Waals surface area contributed by atoms with Gasteiger partial charge in [-0.15, -0.1) is 0 Å². The summed E-state index contributed by atoms with van der Waals surface area (Å²) >= 11 is 10.3. The van der Waals surface area contributed by atoms with Crippen molar-refractivity contribution in [1.82, 2.24) is 0 Å². The van der Waals surface area contributed by atoms with Gasteiger partial charge in [-0.1, -0.05) is 0 Å². The molecule has 66 heavy (non-hydrogen) atoms. The van der Waals surface area contributed by atoms with Crippen molar-refractivity contribution >= 4 is 121 Å². The molecule has 0 aliphatic rings. The third-order valence-corrected chi connectivity index (χ3v) is 61.9. The van der Waals surface area contributed by atoms with E-state index in [1.54, 1.807) is 0 Å². The first-order chi connectivity index (χ1) is 32.0. The van der Waals surface area contributed by atoms with Crippen LogP contribution in [0.2, 0.25) is 26.2 Å². The molecule has 0 spiro atoms. The summed E-state index contributed by atoms with van der Waals surface area (Å²) < 4.78 is 4.06. The van der Waals surface area contributed by atoms with Crippen molar-refractivity contribution in [2.75, 3.05) is 13.2 Å². The summed E-state index contributed by atoms with van der Waals surface area (Å²) in [6.07, 6.45) is 0. The first kappa shape index (κ1) is 50.0. The molecule has 8 heteroatoms. The number of benzene rings is 8. The van der Waals surface area contributed by atoms with Gasteiger partial charge in [-0.2, -0.15) is 0 Å². The second-order valence-electron chi connectivity index (χ2n) is 17.5. The summed E-state index contributed by atoms with van der Waals surface area (Å²) in [7, 11) is -11.6. The summed E-state index contributed by atoms with van der Waals surface area (Å²) in [6, 6.07) is 93.0. The van der Waals surface area contributed by atoms with Gasteiger partial charge in [-0.3, -0.25) is 0 Å². The van der Waals surface area contributed by atoms with Gasteiger partial charge in [-0.05, 0) is 13.8 Å². The Bertz CT molecular complexity index is 2160. The van der Waals surface area contributed by atoms with Gasteiger partial charge in [0.25, 0.3) is 0 Å². The Morgan fingerprint density at radius 1 is 0.303 bits per heavy atom. The Kier molecular flexibility index (Phi) is 16.7. The predicted molar refractivity (Wildman–Crippen MR) is 306 cm³/mol. The Morgan fingerprint density at radius 2 is 0.439 bits per heavy atom. The zero-order valence-electron chi connectivity index (χ0n) is 39.1. The molecule has 0 fully saturated rings. The van der Waals surface area contributed by atoms with Gasteiger partial charge in [0.1, 0.15) is 0 Å². The van der Waals surface area contributed by atoms with Gasteiger partial charge in [0.2, 0.25) is 0 Å². The fraction of sp³-hybridized carbons (Fsp3) is 0.172. The summed E-state index contributed by atoms with van der Waals surface area (Å²) in [5.74, 6) is 0. The molecular weight excluding hydrogens is 1060 g/mol. The van der Waals surface area contributed by atoms with Crippen LogP contribution in [0.3, 0.4) is 0 Å². The summed E-state index contributed by atoms with van der Waals surface area (Å²) in [5.41, 5.74) is 0. The van der Waals surface area contributed by atoms with Crippen LogP contribution in [-0.2, 0) is 4.74 Å². The Labute approximate surface area is 422 Å². The molecule has 0 aliphatic carbocycles. The first-order valence-electron chi connectivity index (χ1n) is 23.1. The summed E-state index contributed by atoms with van der Waals surface area (Å²) in [4.78, 5) is 0. The number of halogens is 2. The van der Waals surface area contributed by atoms with E-state index in [1.165, 1.54) is 41.5 Å². The van der Waals surface area contributed by atoms with Crippen LogP contribution < -0.4 is 41.5 Å². The van der Waals surface area contributed by atoms with Crippen molar-refractivity contribution in [1.29, 1.82) is 0 Å². The van der Waals surface area contributed by atoms with Crippen LogP contribution in [0.15, 0.2) is 243 Å². The van der Waals surface area contributed by atoms with Gasteiger partial charge in [0.15, 0.2) is 0 Å². The minimum atomic E-state index is -2.91. The molecular formula is C58H62Br2OSeSi4. The molecule has 1 nitrogen and oxygen atoms in total. The summed E-state index contributed by atoms with van der Waals surface area (Å²) in [6.45, 7) is 16.5. The van der Waals surface area contributed by atoms with Crippen LogP contribution >= 0.6 is 31.9 Å². The van der Waals surface area contributed by atoms with Crippen LogP contribution in [0, 0.1) is 0 Å². The van der Waals surface area contributed by atoms with Crippen LogP contribution in [0.5, 0.6) is 0 Å². The van der Waals surface area contributed by atoms with Gasteiger partial charge in [0, 0.05) is 13.2 Å². The van der Waals surface area contributed by atoms with Crippen LogP contribution in [0.4, 0.5) is 0 Å². The van der Waals surface area contributed by atoms with E-state index in [0.717, 1.165) is 13.2 Å². The SMILES string of the molecule is CCOCC.C[Si](c1ccccc1)(c1ccccc1)C(Br)([Se]C(Br)([Si](C)(c1ccccc1)c1ccccc1)[Si](C)(c1ccccc1)c1ccccc1)[Si](C)(c1ccccc1)c1ccccc1. The standard InChI is InChI=1S/C54H52Br2SeSi4.C4H10O/c1-58(45-29-13-5-14-30-45,46-31-15-6-16-32-46)53(55,59(2,47-33-17-7-18-34-47)48-35-19-8-20-36-48)57-54(56,60(3,49-37-21-9-22-38-49)50-39-23-10-24-40-50)61(4,51-41-25-11-26-42-51)52-43-27-12-28-44-52;1-3-5-4-2/h5-44H,1-4H3;3-4H2,1-2H3. The van der Waals surface area contributed by atoms with Crippen LogP contribution in [0.25, 0.3) is 0 Å². The molecule has 8 rings (SSSR count). The normalized spacial score (nSPS) is 12.5. The Hall–Kier alpha value is -3.93. The molecule has 0 heterocycles. The fourth-order valence-electron chi connectivity index (χ4n) is 10.1. The van der Waals surface area contributed by atoms with E-state index >= 15 is 0 Å². The molecule has 0 amide bonds. The quantitative estimate of drug-likeness (QED) is 0.0693. The maximum atomic E-state index is 5.25. The van der Waals surface area contributed by atoms with Crippen molar-refractivity contribution in [2.24, 2.45) is 0 Å². The first-order valence-corrected chi connectivity index (χ1v) is 36.4. The Morgan fingerprint density at radius 3 is 0.545 bits per heavy atom. The average Bonchev–Trinajstić information content (AvgIpc) is 3.39. The molecule has 0 bridgehead atoms. The van der Waals surface area contributed by atoms with Crippen molar-refractivity contribution in [3.8, 4) is 0 Å². The summed E-state index contributed by atoms with van der Waals surface area (Å²) in [5, 5.41) is 11.6. The van der Waals surface area contributed by atoms with Gasteiger partial charge < -0.3 is 4.74 Å². The molecule has 0 aromatic heterocycles. The van der Waals surface area contributed by atoms with Gasteiger partial charge in [0.05, 0.1) is 0 Å². The molecule has 0 saturated carbocycles. The number of hydrogen-bond donors (Lipinski definition) is 0. The fourth-order valence-corrected chi connectivity index (χ4v) is 63.0. The topological polar surface area (TPSA) is 9.23 Å². The third kappa shape index (κ3) is 9.06. The van der Waals surface area contributed by atoms with Crippen LogP contribution in [-0.4, -0.2) is 65.4 Å². The average molecular weight is 1130 g/mol. The van der Waals surface area contributed by atoms with Crippen molar-refractivity contribution in [2.45, 2.75) is 45.0 Å². The molecule has 0 atom stereocenters. The molecule has 8 aromatic rings.